The van der Waals surface area contributed by atoms with E-state index >= 15 is 0 Å². The minimum absolute atomic E-state index is 0.0926. The quantitative estimate of drug-likeness (QED) is 0.228. The van der Waals surface area contributed by atoms with Gasteiger partial charge in [0.1, 0.15) is 11.6 Å². The van der Waals surface area contributed by atoms with Gasteiger partial charge < -0.3 is 24.5 Å². The number of ether oxygens (including phenoxy) is 1. The largest absolute Gasteiger partial charge is 0.396 e. The Labute approximate surface area is 245 Å². The normalized spacial score (nSPS) is 26.2. The number of aliphatic hydroxyl groups excluding tert-OH is 1. The highest BCUT2D eigenvalue weighted by Crippen LogP contribution is 2.59. The lowest BCUT2D eigenvalue weighted by molar-refractivity contribution is -0.149. The molecule has 0 saturated carbocycles. The third-order valence-corrected chi connectivity index (χ3v) is 8.95. The SMILES string of the molecule is C=CCN(CCCCC)C(=O)C1N(CCCCCO)C(=O)[C@@H]2[C@H](C(=O)N(CC=C)Cc3ccccc3)[C@@H]3CCC12O3. The van der Waals surface area contributed by atoms with E-state index in [1.165, 1.54) is 0 Å². The van der Waals surface area contributed by atoms with Crippen LogP contribution in [0.5, 0.6) is 0 Å². The van der Waals surface area contributed by atoms with E-state index in [1.54, 1.807) is 22.0 Å². The van der Waals surface area contributed by atoms with Gasteiger partial charge >= 0.3 is 0 Å². The Kier molecular flexibility index (Phi) is 10.8. The molecule has 4 rings (SSSR count). The summed E-state index contributed by atoms with van der Waals surface area (Å²) in [6.07, 6.45) is 9.29. The Hall–Kier alpha value is -2.97. The summed E-state index contributed by atoms with van der Waals surface area (Å²) in [7, 11) is 0. The van der Waals surface area contributed by atoms with Gasteiger partial charge in [-0.2, -0.15) is 0 Å². The molecular formula is C33H47N3O5. The fraction of sp³-hybridized carbons (Fsp3) is 0.606. The lowest BCUT2D eigenvalue weighted by Gasteiger charge is -2.37. The Morgan fingerprint density at radius 2 is 1.78 bits per heavy atom. The van der Waals surface area contributed by atoms with Crippen molar-refractivity contribution in [1.82, 2.24) is 14.7 Å². The van der Waals surface area contributed by atoms with Gasteiger partial charge in [-0.15, -0.1) is 13.2 Å². The van der Waals surface area contributed by atoms with Crippen LogP contribution in [0.1, 0.15) is 63.9 Å². The molecule has 5 atom stereocenters. The Morgan fingerprint density at radius 1 is 1.05 bits per heavy atom. The number of nitrogens with zero attached hydrogens (tertiary/aromatic N) is 3. The predicted octanol–water partition coefficient (Wildman–Crippen LogP) is 3.94. The van der Waals surface area contributed by atoms with E-state index in [0.717, 1.165) is 31.2 Å². The molecule has 2 bridgehead atoms. The zero-order chi connectivity index (χ0) is 29.4. The fourth-order valence-corrected chi connectivity index (χ4v) is 7.10. The maximum Gasteiger partial charge on any atom is 0.248 e. The molecule has 3 amide bonds. The number of likely N-dealkylation sites (tertiary alicyclic amines) is 1. The number of unbranched alkanes of at least 4 members (excludes halogenated alkanes) is 4. The van der Waals surface area contributed by atoms with Crippen molar-refractivity contribution in [2.24, 2.45) is 11.8 Å². The van der Waals surface area contributed by atoms with E-state index < -0.39 is 23.5 Å². The molecule has 0 aliphatic carbocycles. The summed E-state index contributed by atoms with van der Waals surface area (Å²) in [5.41, 5.74) is -0.00245. The monoisotopic (exact) mass is 565 g/mol. The van der Waals surface area contributed by atoms with Crippen LogP contribution < -0.4 is 0 Å². The molecule has 41 heavy (non-hydrogen) atoms. The van der Waals surface area contributed by atoms with Gasteiger partial charge in [0.05, 0.1) is 17.9 Å². The van der Waals surface area contributed by atoms with Crippen LogP contribution in [0.3, 0.4) is 0 Å². The van der Waals surface area contributed by atoms with Crippen LogP contribution in [0, 0.1) is 11.8 Å². The second-order valence-corrected chi connectivity index (χ2v) is 11.6. The van der Waals surface area contributed by atoms with E-state index in [0.29, 0.717) is 58.4 Å². The number of fused-ring (bicyclic) bond motifs is 1. The molecule has 3 saturated heterocycles. The van der Waals surface area contributed by atoms with E-state index in [-0.39, 0.29) is 30.4 Å². The summed E-state index contributed by atoms with van der Waals surface area (Å²) in [5, 5.41) is 9.28. The average Bonchev–Trinajstić information content (AvgIpc) is 3.62. The lowest BCUT2D eigenvalue weighted by Crippen LogP contribution is -2.56. The third kappa shape index (κ3) is 6.28. The van der Waals surface area contributed by atoms with Gasteiger partial charge in [-0.1, -0.05) is 62.2 Å². The molecule has 1 N–H and O–H groups in total. The summed E-state index contributed by atoms with van der Waals surface area (Å²) < 4.78 is 6.66. The zero-order valence-corrected chi connectivity index (χ0v) is 24.6. The molecule has 3 aliphatic rings. The molecule has 1 spiro atoms. The molecule has 3 aliphatic heterocycles. The number of benzene rings is 1. The number of carbonyl (C=O) groups excluding carboxylic acids is 3. The first-order valence-corrected chi connectivity index (χ1v) is 15.4. The van der Waals surface area contributed by atoms with Gasteiger partial charge in [0.2, 0.25) is 17.7 Å². The number of carbonyl (C=O) groups is 3. The standard InChI is InChI=1S/C33H47N3O5/c1-4-7-12-21-34(19-5-2)32(40)29-33-18-17-26(41-33)27(28(33)31(39)36(29)22-13-9-14-23-37)30(38)35(20-6-3)24-25-15-10-8-11-16-25/h5-6,8,10-11,15-16,26-29,37H,2-4,7,9,12-14,17-24H2,1H3/t26-,27+,28-,29?,33?/m0/s1. The Balaban J connectivity index is 1.65. The summed E-state index contributed by atoms with van der Waals surface area (Å²) in [6, 6.07) is 9.04. The first-order chi connectivity index (χ1) is 19.9. The number of aliphatic hydroxyl groups is 1. The molecule has 1 aromatic rings. The summed E-state index contributed by atoms with van der Waals surface area (Å²) in [6.45, 7) is 12.1. The second kappa shape index (κ2) is 14.3. The first kappa shape index (κ1) is 31.0. The van der Waals surface area contributed by atoms with Crippen molar-refractivity contribution >= 4 is 17.7 Å². The van der Waals surface area contributed by atoms with Crippen molar-refractivity contribution in [2.45, 2.75) is 82.6 Å². The highest BCUT2D eigenvalue weighted by Gasteiger charge is 2.74. The average molecular weight is 566 g/mol. The van der Waals surface area contributed by atoms with E-state index in [1.807, 2.05) is 35.2 Å². The van der Waals surface area contributed by atoms with Crippen molar-refractivity contribution in [3.8, 4) is 0 Å². The zero-order valence-electron chi connectivity index (χ0n) is 24.6. The number of hydrogen-bond donors (Lipinski definition) is 1. The molecule has 0 aromatic heterocycles. The molecular weight excluding hydrogens is 518 g/mol. The van der Waals surface area contributed by atoms with Crippen molar-refractivity contribution < 1.29 is 24.2 Å². The van der Waals surface area contributed by atoms with Crippen LogP contribution in [0.25, 0.3) is 0 Å². The second-order valence-electron chi connectivity index (χ2n) is 11.6. The van der Waals surface area contributed by atoms with Crippen LogP contribution in [0.15, 0.2) is 55.6 Å². The van der Waals surface area contributed by atoms with Crippen LogP contribution >= 0.6 is 0 Å². The number of rotatable bonds is 17. The molecule has 1 aromatic carbocycles. The van der Waals surface area contributed by atoms with E-state index in [2.05, 4.69) is 20.1 Å². The maximum absolute atomic E-state index is 14.3. The van der Waals surface area contributed by atoms with Crippen molar-refractivity contribution in [3.05, 3.63) is 61.2 Å². The highest BCUT2D eigenvalue weighted by atomic mass is 16.5. The smallest absolute Gasteiger partial charge is 0.248 e. The van der Waals surface area contributed by atoms with E-state index in [9.17, 15) is 19.5 Å². The van der Waals surface area contributed by atoms with Crippen molar-refractivity contribution in [3.63, 3.8) is 0 Å². The fourth-order valence-electron chi connectivity index (χ4n) is 7.10. The van der Waals surface area contributed by atoms with Gasteiger partial charge in [0, 0.05) is 39.3 Å². The number of amides is 3. The van der Waals surface area contributed by atoms with Crippen molar-refractivity contribution in [1.29, 1.82) is 0 Å². The molecule has 8 heteroatoms. The van der Waals surface area contributed by atoms with Gasteiger partial charge in [-0.05, 0) is 44.1 Å². The topological polar surface area (TPSA) is 90.4 Å². The van der Waals surface area contributed by atoms with Gasteiger partial charge in [-0.3, -0.25) is 14.4 Å². The summed E-state index contributed by atoms with van der Waals surface area (Å²) in [4.78, 5) is 48.0. The molecule has 2 unspecified atom stereocenters. The van der Waals surface area contributed by atoms with Gasteiger partial charge in [-0.25, -0.2) is 0 Å². The molecule has 3 heterocycles. The van der Waals surface area contributed by atoms with Gasteiger partial charge in [0.15, 0.2) is 0 Å². The van der Waals surface area contributed by atoms with Crippen LogP contribution in [0.2, 0.25) is 0 Å². The van der Waals surface area contributed by atoms with Crippen molar-refractivity contribution in [2.75, 3.05) is 32.8 Å². The van der Waals surface area contributed by atoms with Gasteiger partial charge in [0.25, 0.3) is 0 Å². The van der Waals surface area contributed by atoms with Crippen LogP contribution in [-0.4, -0.2) is 88.1 Å². The summed E-state index contributed by atoms with van der Waals surface area (Å²) in [5.74, 6) is -1.70. The lowest BCUT2D eigenvalue weighted by atomic mass is 9.70. The molecule has 8 nitrogen and oxygen atoms in total. The minimum atomic E-state index is -1.01. The third-order valence-electron chi connectivity index (χ3n) is 8.95. The Bertz CT molecular complexity index is 1080. The molecule has 3 fully saturated rings. The Morgan fingerprint density at radius 3 is 2.46 bits per heavy atom. The first-order valence-electron chi connectivity index (χ1n) is 15.4. The van der Waals surface area contributed by atoms with Crippen LogP contribution in [-0.2, 0) is 25.7 Å². The van der Waals surface area contributed by atoms with E-state index in [4.69, 9.17) is 4.74 Å². The highest BCUT2D eigenvalue weighted by molar-refractivity contribution is 5.99. The summed E-state index contributed by atoms with van der Waals surface area (Å²) >= 11 is 0. The minimum Gasteiger partial charge on any atom is -0.396 e. The molecule has 224 valence electrons. The van der Waals surface area contributed by atoms with Crippen LogP contribution in [0.4, 0.5) is 0 Å². The number of hydrogen-bond acceptors (Lipinski definition) is 5. The predicted molar refractivity (Wildman–Crippen MR) is 159 cm³/mol. The maximum atomic E-state index is 14.3. The molecule has 0 radical (unpaired) electrons.